The molecule has 11 heteroatoms. The Morgan fingerprint density at radius 3 is 2.44 bits per heavy atom. The van der Waals surface area contributed by atoms with Gasteiger partial charge in [0.15, 0.2) is 18.1 Å². The highest BCUT2D eigenvalue weighted by Gasteiger charge is 2.16. The van der Waals surface area contributed by atoms with Crippen LogP contribution in [-0.4, -0.2) is 37.4 Å². The van der Waals surface area contributed by atoms with Gasteiger partial charge in [0.05, 0.1) is 23.9 Å². The molecule has 0 saturated heterocycles. The summed E-state index contributed by atoms with van der Waals surface area (Å²) in [5.74, 6) is -0.0543. The molecule has 0 atom stereocenters. The standard InChI is InChI=1S/C23H22F2N2O7/c1-13-18(14(2)34-27-13)11-31-19-9-4-15(10-20(19)30-3)22(29)32-12-21(28)26-16-5-7-17(8-6-16)33-23(24)25/h4-10,23H,11-12H2,1-3H3,(H,26,28). The minimum Gasteiger partial charge on any atom is -0.493 e. The van der Waals surface area contributed by atoms with Crippen LogP contribution in [0, 0.1) is 13.8 Å². The Morgan fingerprint density at radius 2 is 1.82 bits per heavy atom. The topological polar surface area (TPSA) is 109 Å². The molecule has 0 saturated carbocycles. The van der Waals surface area contributed by atoms with Crippen molar-refractivity contribution in [2.75, 3.05) is 19.0 Å². The van der Waals surface area contributed by atoms with Gasteiger partial charge in [0.25, 0.3) is 5.91 Å². The first-order valence-corrected chi connectivity index (χ1v) is 10.0. The number of ether oxygens (including phenoxy) is 4. The molecule has 0 spiro atoms. The number of carbonyl (C=O) groups excluding carboxylic acids is 2. The van der Waals surface area contributed by atoms with E-state index in [1.807, 2.05) is 0 Å². The van der Waals surface area contributed by atoms with Gasteiger partial charge in [-0.1, -0.05) is 5.16 Å². The van der Waals surface area contributed by atoms with Gasteiger partial charge in [-0.05, 0) is 56.3 Å². The smallest absolute Gasteiger partial charge is 0.387 e. The second kappa shape index (κ2) is 11.1. The lowest BCUT2D eigenvalue weighted by molar-refractivity contribution is -0.119. The molecular formula is C23H22F2N2O7. The minimum absolute atomic E-state index is 0.0486. The molecule has 34 heavy (non-hydrogen) atoms. The molecule has 0 bridgehead atoms. The zero-order valence-electron chi connectivity index (χ0n) is 18.6. The average Bonchev–Trinajstić information content (AvgIpc) is 3.14. The van der Waals surface area contributed by atoms with Crippen molar-refractivity contribution in [1.82, 2.24) is 5.16 Å². The molecule has 0 aliphatic carbocycles. The van der Waals surface area contributed by atoms with Crippen LogP contribution in [0.15, 0.2) is 47.0 Å². The number of alkyl halides is 2. The fraction of sp³-hybridized carbons (Fsp3) is 0.261. The van der Waals surface area contributed by atoms with Crippen LogP contribution >= 0.6 is 0 Å². The van der Waals surface area contributed by atoms with Gasteiger partial charge in [0.1, 0.15) is 18.1 Å². The van der Waals surface area contributed by atoms with E-state index in [0.717, 1.165) is 5.56 Å². The van der Waals surface area contributed by atoms with Crippen LogP contribution < -0.4 is 19.5 Å². The summed E-state index contributed by atoms with van der Waals surface area (Å²) in [6.07, 6.45) is 0. The number of carbonyl (C=O) groups is 2. The highest BCUT2D eigenvalue weighted by Crippen LogP contribution is 2.30. The third kappa shape index (κ3) is 6.44. The van der Waals surface area contributed by atoms with Crippen LogP contribution in [0.1, 0.15) is 27.4 Å². The number of aromatic nitrogens is 1. The lowest BCUT2D eigenvalue weighted by atomic mass is 10.2. The summed E-state index contributed by atoms with van der Waals surface area (Å²) >= 11 is 0. The van der Waals surface area contributed by atoms with E-state index >= 15 is 0 Å². The van der Waals surface area contributed by atoms with Gasteiger partial charge in [0.2, 0.25) is 0 Å². The molecule has 2 aromatic carbocycles. The molecule has 3 rings (SSSR count). The Morgan fingerprint density at radius 1 is 1.09 bits per heavy atom. The number of nitrogens with zero attached hydrogens (tertiary/aromatic N) is 1. The summed E-state index contributed by atoms with van der Waals surface area (Å²) in [6.45, 7) is 0.291. The van der Waals surface area contributed by atoms with Crippen LogP contribution in [0.25, 0.3) is 0 Å². The fourth-order valence-corrected chi connectivity index (χ4v) is 2.90. The number of aryl methyl sites for hydroxylation is 2. The number of esters is 1. The molecule has 0 aliphatic heterocycles. The van der Waals surface area contributed by atoms with Gasteiger partial charge in [-0.2, -0.15) is 8.78 Å². The van der Waals surface area contributed by atoms with Crippen LogP contribution in [0.3, 0.4) is 0 Å². The lowest BCUT2D eigenvalue weighted by Gasteiger charge is -2.12. The molecule has 1 N–H and O–H groups in total. The van der Waals surface area contributed by atoms with Gasteiger partial charge >= 0.3 is 12.6 Å². The Labute approximate surface area is 193 Å². The largest absolute Gasteiger partial charge is 0.493 e. The molecule has 180 valence electrons. The summed E-state index contributed by atoms with van der Waals surface area (Å²) in [7, 11) is 1.43. The van der Waals surface area contributed by atoms with E-state index in [2.05, 4.69) is 15.2 Å². The van der Waals surface area contributed by atoms with Gasteiger partial charge < -0.3 is 28.8 Å². The van der Waals surface area contributed by atoms with Crippen molar-refractivity contribution >= 4 is 17.6 Å². The summed E-state index contributed by atoms with van der Waals surface area (Å²) in [5.41, 5.74) is 2.01. The Hall–Kier alpha value is -4.15. The Bertz CT molecular complexity index is 1130. The lowest BCUT2D eigenvalue weighted by Crippen LogP contribution is -2.21. The van der Waals surface area contributed by atoms with E-state index in [9.17, 15) is 18.4 Å². The maximum absolute atomic E-state index is 12.4. The third-order valence-electron chi connectivity index (χ3n) is 4.65. The quantitative estimate of drug-likeness (QED) is 0.432. The maximum Gasteiger partial charge on any atom is 0.387 e. The number of benzene rings is 2. The van der Waals surface area contributed by atoms with Crippen LogP contribution in [0.4, 0.5) is 14.5 Å². The highest BCUT2D eigenvalue weighted by molar-refractivity contribution is 5.95. The van der Waals surface area contributed by atoms with Crippen molar-refractivity contribution in [3.63, 3.8) is 0 Å². The number of methoxy groups -OCH3 is 1. The Kier molecular flexibility index (Phi) is 8.01. The van der Waals surface area contributed by atoms with E-state index in [-0.39, 0.29) is 17.9 Å². The first-order chi connectivity index (χ1) is 16.3. The first kappa shape index (κ1) is 24.5. The second-order valence-electron chi connectivity index (χ2n) is 6.98. The predicted octanol–water partition coefficient (Wildman–Crippen LogP) is 4.28. The average molecular weight is 476 g/mol. The summed E-state index contributed by atoms with van der Waals surface area (Å²) in [5, 5.41) is 6.35. The van der Waals surface area contributed by atoms with Crippen molar-refractivity contribution in [2.24, 2.45) is 0 Å². The van der Waals surface area contributed by atoms with Crippen molar-refractivity contribution in [3.8, 4) is 17.2 Å². The van der Waals surface area contributed by atoms with Gasteiger partial charge in [-0.3, -0.25) is 4.79 Å². The van der Waals surface area contributed by atoms with Gasteiger partial charge in [0, 0.05) is 5.69 Å². The third-order valence-corrected chi connectivity index (χ3v) is 4.65. The minimum atomic E-state index is -2.94. The number of rotatable bonds is 10. The number of anilines is 1. The summed E-state index contributed by atoms with van der Waals surface area (Å²) < 4.78 is 49.8. The zero-order chi connectivity index (χ0) is 24.7. The van der Waals surface area contributed by atoms with Crippen LogP contribution in [-0.2, 0) is 16.1 Å². The molecule has 0 radical (unpaired) electrons. The molecule has 1 aromatic heterocycles. The van der Waals surface area contributed by atoms with E-state index in [1.165, 1.54) is 43.5 Å². The van der Waals surface area contributed by atoms with Crippen LogP contribution in [0.5, 0.6) is 17.2 Å². The normalized spacial score (nSPS) is 10.6. The van der Waals surface area contributed by atoms with E-state index in [4.69, 9.17) is 18.7 Å². The number of hydrogen-bond acceptors (Lipinski definition) is 8. The SMILES string of the molecule is COc1cc(C(=O)OCC(=O)Nc2ccc(OC(F)F)cc2)ccc1OCc1c(C)noc1C. The molecule has 3 aromatic rings. The van der Waals surface area contributed by atoms with Gasteiger partial charge in [-0.25, -0.2) is 4.79 Å². The predicted molar refractivity (Wildman–Crippen MR) is 115 cm³/mol. The molecule has 9 nitrogen and oxygen atoms in total. The summed E-state index contributed by atoms with van der Waals surface area (Å²) in [6, 6.07) is 9.77. The zero-order valence-corrected chi connectivity index (χ0v) is 18.6. The van der Waals surface area contributed by atoms with Crippen molar-refractivity contribution < 1.29 is 41.8 Å². The number of hydrogen-bond donors (Lipinski definition) is 1. The van der Waals surface area contributed by atoms with E-state index < -0.39 is 25.1 Å². The fourth-order valence-electron chi connectivity index (χ4n) is 2.90. The molecule has 0 aliphatic rings. The first-order valence-electron chi connectivity index (χ1n) is 10.0. The number of amides is 1. The highest BCUT2D eigenvalue weighted by atomic mass is 19.3. The van der Waals surface area contributed by atoms with Crippen molar-refractivity contribution in [1.29, 1.82) is 0 Å². The van der Waals surface area contributed by atoms with Crippen molar-refractivity contribution in [2.45, 2.75) is 27.1 Å². The van der Waals surface area contributed by atoms with Crippen LogP contribution in [0.2, 0.25) is 0 Å². The molecule has 1 amide bonds. The molecular weight excluding hydrogens is 454 g/mol. The van der Waals surface area contributed by atoms with E-state index in [1.54, 1.807) is 19.9 Å². The maximum atomic E-state index is 12.4. The summed E-state index contributed by atoms with van der Waals surface area (Å²) in [4.78, 5) is 24.4. The molecule has 0 fully saturated rings. The Balaban J connectivity index is 1.54. The second-order valence-corrected chi connectivity index (χ2v) is 6.98. The monoisotopic (exact) mass is 476 g/mol. The number of halogens is 2. The van der Waals surface area contributed by atoms with Crippen molar-refractivity contribution in [3.05, 3.63) is 65.0 Å². The van der Waals surface area contributed by atoms with Gasteiger partial charge in [-0.15, -0.1) is 0 Å². The van der Waals surface area contributed by atoms with E-state index in [0.29, 0.717) is 28.6 Å². The molecule has 1 heterocycles. The number of nitrogens with one attached hydrogen (secondary N) is 1. The molecule has 0 unspecified atom stereocenters.